The number of carbonyl (C=O) groups is 2. The van der Waals surface area contributed by atoms with Crippen LogP contribution in [0, 0.1) is 17.6 Å². The number of hydrogen-bond donors (Lipinski definition) is 1. The Bertz CT molecular complexity index is 469. The van der Waals surface area contributed by atoms with Gasteiger partial charge >= 0.3 is 5.97 Å². The van der Waals surface area contributed by atoms with E-state index in [2.05, 4.69) is 10.1 Å². The summed E-state index contributed by atoms with van der Waals surface area (Å²) in [7, 11) is 1.20. The van der Waals surface area contributed by atoms with Gasteiger partial charge in [-0.15, -0.1) is 0 Å². The molecule has 1 aromatic rings. The molecule has 0 saturated carbocycles. The van der Waals surface area contributed by atoms with E-state index in [0.29, 0.717) is 6.07 Å². The van der Waals surface area contributed by atoms with Crippen molar-refractivity contribution in [3.8, 4) is 0 Å². The second-order valence-corrected chi connectivity index (χ2v) is 4.38. The minimum atomic E-state index is -0.871. The van der Waals surface area contributed by atoms with Gasteiger partial charge in [0.15, 0.2) is 0 Å². The molecule has 4 nitrogen and oxygen atoms in total. The van der Waals surface area contributed by atoms with Crippen LogP contribution in [0.15, 0.2) is 18.2 Å². The van der Waals surface area contributed by atoms with Crippen LogP contribution >= 0.6 is 0 Å². The first kappa shape index (κ1) is 15.1. The zero-order valence-electron chi connectivity index (χ0n) is 10.9. The maximum absolute atomic E-state index is 13.0. The van der Waals surface area contributed by atoms with Crippen LogP contribution < -0.4 is 5.32 Å². The van der Waals surface area contributed by atoms with Crippen molar-refractivity contribution in [3.63, 3.8) is 0 Å². The smallest absolute Gasteiger partial charge is 0.328 e. The molecule has 0 saturated heterocycles. The predicted molar refractivity (Wildman–Crippen MR) is 64.5 cm³/mol. The van der Waals surface area contributed by atoms with Crippen molar-refractivity contribution in [2.24, 2.45) is 5.92 Å². The third-order valence-electron chi connectivity index (χ3n) is 2.53. The molecular weight excluding hydrogens is 256 g/mol. The molecule has 0 radical (unpaired) electrons. The first-order valence-electron chi connectivity index (χ1n) is 5.70. The number of esters is 1. The monoisotopic (exact) mass is 271 g/mol. The van der Waals surface area contributed by atoms with Crippen LogP contribution in [0.5, 0.6) is 0 Å². The molecule has 104 valence electrons. The summed E-state index contributed by atoms with van der Waals surface area (Å²) in [5, 5.41) is 2.39. The first-order valence-corrected chi connectivity index (χ1v) is 5.70. The normalized spacial score (nSPS) is 12.1. The molecule has 6 heteroatoms. The molecule has 1 atom stereocenters. The van der Waals surface area contributed by atoms with Crippen molar-refractivity contribution in [1.82, 2.24) is 5.32 Å². The summed E-state index contributed by atoms with van der Waals surface area (Å²) >= 11 is 0. The van der Waals surface area contributed by atoms with Crippen molar-refractivity contribution in [2.75, 3.05) is 7.11 Å². The van der Waals surface area contributed by atoms with Crippen LogP contribution in [0.3, 0.4) is 0 Å². The van der Waals surface area contributed by atoms with E-state index in [9.17, 15) is 18.4 Å². The first-order chi connectivity index (χ1) is 8.85. The van der Waals surface area contributed by atoms with E-state index in [-0.39, 0.29) is 11.5 Å². The van der Waals surface area contributed by atoms with E-state index in [1.165, 1.54) is 7.11 Å². The Labute approximate surface area is 109 Å². The van der Waals surface area contributed by atoms with Gasteiger partial charge in [0, 0.05) is 11.6 Å². The highest BCUT2D eigenvalue weighted by molar-refractivity contribution is 5.96. The van der Waals surface area contributed by atoms with Crippen LogP contribution in [0.4, 0.5) is 8.78 Å². The molecule has 0 aliphatic heterocycles. The van der Waals surface area contributed by atoms with Gasteiger partial charge in [0.1, 0.15) is 17.7 Å². The van der Waals surface area contributed by atoms with Gasteiger partial charge in [-0.25, -0.2) is 13.6 Å². The molecule has 1 unspecified atom stereocenters. The molecule has 0 aliphatic rings. The zero-order valence-corrected chi connectivity index (χ0v) is 10.9. The quantitative estimate of drug-likeness (QED) is 0.851. The van der Waals surface area contributed by atoms with E-state index >= 15 is 0 Å². The Morgan fingerprint density at radius 2 is 1.68 bits per heavy atom. The number of methoxy groups -OCH3 is 1. The molecule has 19 heavy (non-hydrogen) atoms. The van der Waals surface area contributed by atoms with Gasteiger partial charge in [0.2, 0.25) is 0 Å². The number of benzene rings is 1. The van der Waals surface area contributed by atoms with Crippen LogP contribution in [0.2, 0.25) is 0 Å². The molecule has 1 rings (SSSR count). The standard InChI is InChI=1S/C13H15F2NO3/c1-7(2)11(13(18)19-3)16-12(17)8-4-9(14)6-10(15)5-8/h4-7,11H,1-3H3,(H,16,17). The van der Waals surface area contributed by atoms with Gasteiger partial charge in [-0.1, -0.05) is 13.8 Å². The van der Waals surface area contributed by atoms with Crippen molar-refractivity contribution >= 4 is 11.9 Å². The van der Waals surface area contributed by atoms with Crippen molar-refractivity contribution in [1.29, 1.82) is 0 Å². The number of ether oxygens (including phenoxy) is 1. The van der Waals surface area contributed by atoms with Crippen molar-refractivity contribution in [3.05, 3.63) is 35.4 Å². The zero-order chi connectivity index (χ0) is 14.6. The highest BCUT2D eigenvalue weighted by Crippen LogP contribution is 2.10. The summed E-state index contributed by atoms with van der Waals surface area (Å²) in [4.78, 5) is 23.3. The molecule has 0 spiro atoms. The average Bonchev–Trinajstić information content (AvgIpc) is 2.33. The van der Waals surface area contributed by atoms with Gasteiger partial charge in [-0.2, -0.15) is 0 Å². The number of hydrogen-bond acceptors (Lipinski definition) is 3. The molecule has 1 aromatic carbocycles. The molecule has 0 bridgehead atoms. The SMILES string of the molecule is COC(=O)C(NC(=O)c1cc(F)cc(F)c1)C(C)C. The van der Waals surface area contributed by atoms with E-state index < -0.39 is 29.6 Å². The fourth-order valence-corrected chi connectivity index (χ4v) is 1.53. The number of amides is 1. The minimum absolute atomic E-state index is 0.188. The Morgan fingerprint density at radius 1 is 1.16 bits per heavy atom. The van der Waals surface area contributed by atoms with Crippen molar-refractivity contribution < 1.29 is 23.1 Å². The number of rotatable bonds is 4. The van der Waals surface area contributed by atoms with Gasteiger partial charge in [0.25, 0.3) is 5.91 Å². The second-order valence-electron chi connectivity index (χ2n) is 4.38. The lowest BCUT2D eigenvalue weighted by atomic mass is 10.0. The summed E-state index contributed by atoms with van der Waals surface area (Å²) in [6.07, 6.45) is 0. The maximum Gasteiger partial charge on any atom is 0.328 e. The highest BCUT2D eigenvalue weighted by atomic mass is 19.1. The summed E-state index contributed by atoms with van der Waals surface area (Å²) in [5.74, 6) is -3.27. The lowest BCUT2D eigenvalue weighted by Gasteiger charge is -2.19. The Hall–Kier alpha value is -1.98. The number of halogens is 2. The van der Waals surface area contributed by atoms with Crippen LogP contribution in [0.1, 0.15) is 24.2 Å². The van der Waals surface area contributed by atoms with Crippen molar-refractivity contribution in [2.45, 2.75) is 19.9 Å². The predicted octanol–water partition coefficient (Wildman–Crippen LogP) is 1.89. The van der Waals surface area contributed by atoms with Crippen LogP contribution in [-0.2, 0) is 9.53 Å². The lowest BCUT2D eigenvalue weighted by molar-refractivity contribution is -0.144. The molecule has 0 aliphatic carbocycles. The van der Waals surface area contributed by atoms with E-state index in [0.717, 1.165) is 12.1 Å². The van der Waals surface area contributed by atoms with E-state index in [1.54, 1.807) is 13.8 Å². The summed E-state index contributed by atoms with van der Waals surface area (Å²) in [6, 6.07) is 1.58. The largest absolute Gasteiger partial charge is 0.467 e. The molecule has 0 fully saturated rings. The minimum Gasteiger partial charge on any atom is -0.467 e. The van der Waals surface area contributed by atoms with Gasteiger partial charge in [0.05, 0.1) is 7.11 Å². The second kappa shape index (κ2) is 6.26. The summed E-state index contributed by atoms with van der Waals surface area (Å²) in [6.45, 7) is 3.43. The van der Waals surface area contributed by atoms with Gasteiger partial charge < -0.3 is 10.1 Å². The number of nitrogens with one attached hydrogen (secondary N) is 1. The van der Waals surface area contributed by atoms with Crippen LogP contribution in [-0.4, -0.2) is 25.0 Å². The highest BCUT2D eigenvalue weighted by Gasteiger charge is 2.25. The van der Waals surface area contributed by atoms with Crippen LogP contribution in [0.25, 0.3) is 0 Å². The third kappa shape index (κ3) is 4.01. The van der Waals surface area contributed by atoms with Gasteiger partial charge in [-0.3, -0.25) is 4.79 Å². The molecule has 1 N–H and O–H groups in total. The summed E-state index contributed by atoms with van der Waals surface area (Å²) in [5.41, 5.74) is -0.188. The number of carbonyl (C=O) groups excluding carboxylic acids is 2. The Morgan fingerprint density at radius 3 is 2.11 bits per heavy atom. The summed E-state index contributed by atoms with van der Waals surface area (Å²) < 4.78 is 30.6. The molecule has 1 amide bonds. The topological polar surface area (TPSA) is 55.4 Å². The van der Waals surface area contributed by atoms with E-state index in [4.69, 9.17) is 0 Å². The fourth-order valence-electron chi connectivity index (χ4n) is 1.53. The Kier molecular flexibility index (Phi) is 4.97. The molecular formula is C13H15F2NO3. The third-order valence-corrected chi connectivity index (χ3v) is 2.53. The molecule has 0 aromatic heterocycles. The van der Waals surface area contributed by atoms with E-state index in [1.807, 2.05) is 0 Å². The molecule has 0 heterocycles. The lowest BCUT2D eigenvalue weighted by Crippen LogP contribution is -2.45. The average molecular weight is 271 g/mol. The van der Waals surface area contributed by atoms with Gasteiger partial charge in [-0.05, 0) is 18.1 Å². The Balaban J connectivity index is 2.90. The fraction of sp³-hybridized carbons (Fsp3) is 0.385. The maximum atomic E-state index is 13.0.